The number of imidazole rings is 1. The molecule has 1 aromatic heterocycles. The van der Waals surface area contributed by atoms with Crippen molar-refractivity contribution in [1.82, 2.24) is 9.47 Å². The molecule has 1 saturated heterocycles. The van der Waals surface area contributed by atoms with Crippen LogP contribution in [0.25, 0.3) is 0 Å². The number of nitrogens with zero attached hydrogens (tertiary/aromatic N) is 3. The third-order valence-electron chi connectivity index (χ3n) is 4.76. The summed E-state index contributed by atoms with van der Waals surface area (Å²) in [5, 5.41) is 19.3. The summed E-state index contributed by atoms with van der Waals surface area (Å²) in [4.78, 5) is 25.2. The number of hydrogen-bond acceptors (Lipinski definition) is 5. The molecule has 0 aromatic carbocycles. The van der Waals surface area contributed by atoms with Crippen molar-refractivity contribution in [3.05, 3.63) is 28.2 Å². The van der Waals surface area contributed by atoms with Crippen molar-refractivity contribution in [3.8, 4) is 0 Å². The van der Waals surface area contributed by atoms with Crippen LogP contribution in [0.5, 0.6) is 0 Å². The third-order valence-corrected chi connectivity index (χ3v) is 7.55. The summed E-state index contributed by atoms with van der Waals surface area (Å²) in [6.45, 7) is 2.41. The molecule has 1 aromatic rings. The predicted octanol–water partition coefficient (Wildman–Crippen LogP) is 0.136. The molecule has 0 saturated carbocycles. The Labute approximate surface area is 147 Å². The Kier molecular flexibility index (Phi) is 3.70. The number of carboxylic acid groups (broad SMARTS) is 1. The van der Waals surface area contributed by atoms with Crippen LogP contribution in [-0.2, 0) is 29.6 Å². The van der Waals surface area contributed by atoms with E-state index in [9.17, 15) is 19.8 Å². The highest BCUT2D eigenvalue weighted by atomic mass is 32.2. The van der Waals surface area contributed by atoms with E-state index in [0.29, 0.717) is 4.24 Å². The Hall–Kier alpha value is -1.45. The summed E-state index contributed by atoms with van der Waals surface area (Å²) < 4.78 is 4.94. The molecule has 0 aliphatic carbocycles. The number of aliphatic hydroxyl groups excluding tert-OH is 1. The zero-order valence-electron chi connectivity index (χ0n) is 13.2. The van der Waals surface area contributed by atoms with E-state index in [2.05, 4.69) is 9.13 Å². The number of thioether (sulfide) groups is 2. The molecule has 9 heteroatoms. The average Bonchev–Trinajstić information content (AvgIpc) is 3.13. The third kappa shape index (κ3) is 2.21. The smallest absolute Gasteiger partial charge is 0.354 e. The molecular weight excluding hydrogens is 350 g/mol. The summed E-state index contributed by atoms with van der Waals surface area (Å²) >= 11 is 2.94. The lowest BCUT2D eigenvalue weighted by Gasteiger charge is -2.43. The maximum atomic E-state index is 12.2. The highest BCUT2D eigenvalue weighted by molar-refractivity contribution is 8.23. The zero-order chi connectivity index (χ0) is 17.2. The standard InChI is InChI=1S/C15H17N3O4S2/c1-7(19)10-12(20)18-11(14(21)22)15(24-13(10)18)23-8-5-9-16(2)3-4-17(9)6-8/h3-4,7-8,10,13,19H,5-6H2,1-2H3/p+1/t7-,8?,10+,13-/m1/s1. The minimum atomic E-state index is -1.08. The van der Waals surface area contributed by atoms with Crippen molar-refractivity contribution in [2.24, 2.45) is 13.0 Å². The van der Waals surface area contributed by atoms with Crippen molar-refractivity contribution in [2.45, 2.75) is 36.6 Å². The van der Waals surface area contributed by atoms with Crippen molar-refractivity contribution in [3.63, 3.8) is 0 Å². The van der Waals surface area contributed by atoms with E-state index in [1.807, 2.05) is 19.4 Å². The number of hydrogen-bond donors (Lipinski definition) is 2. The quantitative estimate of drug-likeness (QED) is 0.581. The molecule has 4 atom stereocenters. The van der Waals surface area contributed by atoms with Crippen LogP contribution in [0, 0.1) is 5.92 Å². The molecule has 3 aliphatic rings. The molecular formula is C15H18N3O4S2+. The molecule has 1 amide bonds. The van der Waals surface area contributed by atoms with Gasteiger partial charge in [0.05, 0.1) is 35.0 Å². The lowest BCUT2D eigenvalue weighted by Crippen LogP contribution is -2.60. The lowest BCUT2D eigenvalue weighted by molar-refractivity contribution is -0.678. The van der Waals surface area contributed by atoms with Gasteiger partial charge >= 0.3 is 5.97 Å². The normalized spacial score (nSPS) is 29.5. The number of aryl methyl sites for hydroxylation is 1. The van der Waals surface area contributed by atoms with Crippen LogP contribution in [0.1, 0.15) is 12.7 Å². The molecule has 0 bridgehead atoms. The van der Waals surface area contributed by atoms with E-state index in [1.54, 1.807) is 6.92 Å². The SMILES string of the molecule is C[C@@H](O)[C@H]1C(=O)N2C(C(=O)O)=C(SC3Cc4n(cc[n+]4C)C3)S[C@H]12. The number of carbonyl (C=O) groups is 2. The largest absolute Gasteiger partial charge is 0.477 e. The molecule has 24 heavy (non-hydrogen) atoms. The molecule has 7 nitrogen and oxygen atoms in total. The highest BCUT2D eigenvalue weighted by Crippen LogP contribution is 2.55. The highest BCUT2D eigenvalue weighted by Gasteiger charge is 2.58. The lowest BCUT2D eigenvalue weighted by atomic mass is 9.92. The van der Waals surface area contributed by atoms with Crippen molar-refractivity contribution in [2.75, 3.05) is 0 Å². The molecule has 0 radical (unpaired) electrons. The molecule has 0 spiro atoms. The summed E-state index contributed by atoms with van der Waals surface area (Å²) in [5.74, 6) is -0.667. The fourth-order valence-electron chi connectivity index (χ4n) is 3.53. The number of carboxylic acids is 1. The van der Waals surface area contributed by atoms with Crippen molar-refractivity contribution in [1.29, 1.82) is 0 Å². The number of aromatic nitrogens is 2. The minimum Gasteiger partial charge on any atom is -0.477 e. The van der Waals surface area contributed by atoms with Gasteiger partial charge in [-0.05, 0) is 6.92 Å². The number of carbonyl (C=O) groups excluding carboxylic acids is 1. The van der Waals surface area contributed by atoms with Gasteiger partial charge in [-0.1, -0.05) is 11.8 Å². The predicted molar refractivity (Wildman–Crippen MR) is 88.7 cm³/mol. The maximum absolute atomic E-state index is 12.2. The first kappa shape index (κ1) is 16.0. The first-order valence-electron chi connectivity index (χ1n) is 7.74. The molecule has 128 valence electrons. The van der Waals surface area contributed by atoms with Crippen molar-refractivity contribution < 1.29 is 24.4 Å². The van der Waals surface area contributed by atoms with Crippen LogP contribution in [0.15, 0.2) is 22.3 Å². The second-order valence-electron chi connectivity index (χ2n) is 6.35. The van der Waals surface area contributed by atoms with E-state index in [1.165, 1.54) is 34.2 Å². The van der Waals surface area contributed by atoms with E-state index < -0.39 is 18.0 Å². The van der Waals surface area contributed by atoms with Gasteiger partial charge in [0.2, 0.25) is 5.91 Å². The van der Waals surface area contributed by atoms with Gasteiger partial charge in [-0.25, -0.2) is 13.9 Å². The van der Waals surface area contributed by atoms with Gasteiger partial charge in [-0.15, -0.1) is 11.8 Å². The number of aliphatic hydroxyl groups is 1. The zero-order valence-corrected chi connectivity index (χ0v) is 14.9. The molecule has 2 N–H and O–H groups in total. The second kappa shape index (κ2) is 5.53. The van der Waals surface area contributed by atoms with Gasteiger partial charge in [0.15, 0.2) is 5.70 Å². The van der Waals surface area contributed by atoms with Crippen LogP contribution in [0.3, 0.4) is 0 Å². The first-order valence-corrected chi connectivity index (χ1v) is 9.50. The molecule has 1 fully saturated rings. The molecule has 4 heterocycles. The Morgan fingerprint density at radius 3 is 2.92 bits per heavy atom. The Balaban J connectivity index is 1.55. The van der Waals surface area contributed by atoms with Crippen LogP contribution in [0.2, 0.25) is 0 Å². The number of fused-ring (bicyclic) bond motifs is 2. The van der Waals surface area contributed by atoms with Gasteiger partial charge in [0, 0.05) is 0 Å². The summed E-state index contributed by atoms with van der Waals surface area (Å²) in [7, 11) is 2.00. The fourth-order valence-corrected chi connectivity index (χ4v) is 6.85. The van der Waals surface area contributed by atoms with Crippen LogP contribution in [-0.4, -0.2) is 48.3 Å². The van der Waals surface area contributed by atoms with Crippen LogP contribution < -0.4 is 4.57 Å². The maximum Gasteiger partial charge on any atom is 0.354 e. The van der Waals surface area contributed by atoms with Crippen LogP contribution in [0.4, 0.5) is 0 Å². The van der Waals surface area contributed by atoms with Gasteiger partial charge in [-0.2, -0.15) is 0 Å². The summed E-state index contributed by atoms with van der Waals surface area (Å²) in [6.07, 6.45) is 4.14. The molecule has 3 aliphatic heterocycles. The monoisotopic (exact) mass is 368 g/mol. The minimum absolute atomic E-state index is 0.0813. The van der Waals surface area contributed by atoms with E-state index in [-0.39, 0.29) is 22.2 Å². The van der Waals surface area contributed by atoms with Crippen molar-refractivity contribution >= 4 is 35.4 Å². The van der Waals surface area contributed by atoms with Gasteiger partial charge in [0.1, 0.15) is 24.3 Å². The molecule has 4 rings (SSSR count). The van der Waals surface area contributed by atoms with Crippen LogP contribution >= 0.6 is 23.5 Å². The summed E-state index contributed by atoms with van der Waals surface area (Å²) in [6, 6.07) is 0. The first-order chi connectivity index (χ1) is 11.4. The van der Waals surface area contributed by atoms with Gasteiger partial charge in [-0.3, -0.25) is 9.69 Å². The van der Waals surface area contributed by atoms with Gasteiger partial charge < -0.3 is 10.2 Å². The van der Waals surface area contributed by atoms with E-state index in [0.717, 1.165) is 13.0 Å². The Bertz CT molecular complexity index is 773. The topological polar surface area (TPSA) is 86.7 Å². The fraction of sp³-hybridized carbons (Fsp3) is 0.533. The second-order valence-corrected chi connectivity index (χ2v) is 9.04. The summed E-state index contributed by atoms with van der Waals surface area (Å²) in [5.41, 5.74) is 0.0813. The van der Waals surface area contributed by atoms with Gasteiger partial charge in [0.25, 0.3) is 5.82 Å². The Morgan fingerprint density at radius 2 is 2.29 bits per heavy atom. The average molecular weight is 368 g/mol. The Morgan fingerprint density at radius 1 is 1.54 bits per heavy atom. The molecule has 1 unspecified atom stereocenters. The van der Waals surface area contributed by atoms with E-state index >= 15 is 0 Å². The number of amides is 1. The number of aliphatic carboxylic acids is 1. The number of rotatable bonds is 4. The van der Waals surface area contributed by atoms with E-state index in [4.69, 9.17) is 0 Å². The number of β-lactam (4-membered cyclic amide) rings is 1.